The highest BCUT2D eigenvalue weighted by molar-refractivity contribution is 5.78. The Bertz CT molecular complexity index is 607. The molecule has 2 heterocycles. The summed E-state index contributed by atoms with van der Waals surface area (Å²) in [5.74, 6) is 5.96. The van der Waals surface area contributed by atoms with Crippen molar-refractivity contribution in [1.29, 1.82) is 0 Å². The van der Waals surface area contributed by atoms with Crippen molar-refractivity contribution in [1.82, 2.24) is 9.66 Å². The summed E-state index contributed by atoms with van der Waals surface area (Å²) in [5.41, 5.74) is 0.868. The molecule has 3 heteroatoms. The standard InChI is InChI=1S/C11H11N3/c12-14-10-6-2-1-4-8(10)9-5-3-7-13-11(9)14/h3-7H,1-2,12H2. The fourth-order valence-corrected chi connectivity index (χ4v) is 2.05. The molecule has 0 atom stereocenters. The van der Waals surface area contributed by atoms with E-state index in [1.54, 1.807) is 10.9 Å². The van der Waals surface area contributed by atoms with E-state index in [2.05, 4.69) is 23.2 Å². The largest absolute Gasteiger partial charge is 0.337 e. The van der Waals surface area contributed by atoms with Crippen LogP contribution in [0.1, 0.15) is 12.8 Å². The molecular weight excluding hydrogens is 174 g/mol. The van der Waals surface area contributed by atoms with Crippen LogP contribution >= 0.6 is 0 Å². The summed E-state index contributed by atoms with van der Waals surface area (Å²) in [6.07, 6.45) is 8.36. The van der Waals surface area contributed by atoms with Crippen LogP contribution in [0, 0.1) is 0 Å². The van der Waals surface area contributed by atoms with Gasteiger partial charge in [0.2, 0.25) is 0 Å². The number of nitrogens with two attached hydrogens (primary N) is 1. The zero-order valence-corrected chi connectivity index (χ0v) is 7.77. The maximum absolute atomic E-state index is 5.96. The van der Waals surface area contributed by atoms with Crippen LogP contribution in [0.15, 0.2) is 18.3 Å². The van der Waals surface area contributed by atoms with Crippen LogP contribution in [0.5, 0.6) is 0 Å². The molecule has 0 bridgehead atoms. The number of nitrogen functional groups attached to an aromatic ring is 1. The van der Waals surface area contributed by atoms with Gasteiger partial charge in [-0.05, 0) is 25.0 Å². The van der Waals surface area contributed by atoms with E-state index in [1.807, 2.05) is 6.07 Å². The molecule has 2 aromatic heterocycles. The molecule has 0 fully saturated rings. The molecule has 1 aliphatic carbocycles. The number of hydrogen-bond donors (Lipinski definition) is 1. The van der Waals surface area contributed by atoms with Gasteiger partial charge < -0.3 is 5.84 Å². The highest BCUT2D eigenvalue weighted by atomic mass is 15.3. The monoisotopic (exact) mass is 185 g/mol. The first-order valence-electron chi connectivity index (χ1n) is 4.79. The van der Waals surface area contributed by atoms with Gasteiger partial charge in [-0.25, -0.2) is 9.66 Å². The lowest BCUT2D eigenvalue weighted by Crippen LogP contribution is -2.34. The summed E-state index contributed by atoms with van der Waals surface area (Å²) in [7, 11) is 0. The number of pyridine rings is 1. The number of rotatable bonds is 0. The molecular formula is C11H11N3. The Balaban J connectivity index is 2.68. The lowest BCUT2D eigenvalue weighted by Gasteiger charge is -1.96. The minimum Gasteiger partial charge on any atom is -0.337 e. The molecule has 0 spiro atoms. The molecule has 0 amide bonds. The second-order valence-electron chi connectivity index (χ2n) is 3.53. The molecule has 3 rings (SSSR count). The van der Waals surface area contributed by atoms with Gasteiger partial charge in [-0.2, -0.15) is 0 Å². The van der Waals surface area contributed by atoms with E-state index >= 15 is 0 Å². The molecule has 0 saturated carbocycles. The van der Waals surface area contributed by atoms with E-state index in [4.69, 9.17) is 5.84 Å². The van der Waals surface area contributed by atoms with Crippen LogP contribution in [0.4, 0.5) is 0 Å². The highest BCUT2D eigenvalue weighted by Crippen LogP contribution is 2.05. The summed E-state index contributed by atoms with van der Waals surface area (Å²) in [6, 6.07) is 4.02. The number of aromatic nitrogens is 2. The summed E-state index contributed by atoms with van der Waals surface area (Å²) < 4.78 is 1.68. The van der Waals surface area contributed by atoms with Crippen molar-refractivity contribution in [2.45, 2.75) is 12.8 Å². The fourth-order valence-electron chi connectivity index (χ4n) is 2.05. The molecule has 0 aromatic carbocycles. The van der Waals surface area contributed by atoms with Crippen LogP contribution in [0.25, 0.3) is 23.2 Å². The normalized spacial score (nSPS) is 14.6. The molecule has 14 heavy (non-hydrogen) atoms. The molecule has 3 nitrogen and oxygen atoms in total. The molecule has 2 aromatic rings. The van der Waals surface area contributed by atoms with Crippen molar-refractivity contribution in [2.24, 2.45) is 0 Å². The first-order chi connectivity index (χ1) is 6.88. The molecule has 70 valence electrons. The van der Waals surface area contributed by atoms with Crippen LogP contribution in [0.2, 0.25) is 0 Å². The average molecular weight is 185 g/mol. The maximum Gasteiger partial charge on any atom is 0.159 e. The summed E-state index contributed by atoms with van der Waals surface area (Å²) in [4.78, 5) is 4.28. The SMILES string of the molecule is Nn1c2c(c3cccnc31)=CCCC=2. The van der Waals surface area contributed by atoms with E-state index in [9.17, 15) is 0 Å². The average Bonchev–Trinajstić information content (AvgIpc) is 2.55. The van der Waals surface area contributed by atoms with Crippen molar-refractivity contribution in [3.63, 3.8) is 0 Å². The van der Waals surface area contributed by atoms with E-state index in [1.165, 1.54) is 5.22 Å². The Hall–Kier alpha value is -1.77. The van der Waals surface area contributed by atoms with E-state index in [-0.39, 0.29) is 0 Å². The van der Waals surface area contributed by atoms with Crippen LogP contribution < -0.4 is 16.4 Å². The van der Waals surface area contributed by atoms with Gasteiger partial charge in [0, 0.05) is 16.8 Å². The zero-order valence-electron chi connectivity index (χ0n) is 7.77. The lowest BCUT2D eigenvalue weighted by molar-refractivity contribution is 0.966. The van der Waals surface area contributed by atoms with Crippen LogP contribution in [0.3, 0.4) is 0 Å². The van der Waals surface area contributed by atoms with E-state index < -0.39 is 0 Å². The molecule has 1 aliphatic rings. The minimum atomic E-state index is 0.868. The predicted molar refractivity (Wildman–Crippen MR) is 57.3 cm³/mol. The minimum absolute atomic E-state index is 0.868. The summed E-state index contributed by atoms with van der Waals surface area (Å²) in [6.45, 7) is 0. The van der Waals surface area contributed by atoms with E-state index in [0.29, 0.717) is 0 Å². The van der Waals surface area contributed by atoms with Gasteiger partial charge in [0.05, 0.1) is 5.35 Å². The van der Waals surface area contributed by atoms with Gasteiger partial charge in [-0.3, -0.25) is 0 Å². The number of fused-ring (bicyclic) bond motifs is 3. The quantitative estimate of drug-likeness (QED) is 0.592. The first kappa shape index (κ1) is 7.62. The van der Waals surface area contributed by atoms with Crippen molar-refractivity contribution >= 4 is 23.2 Å². The van der Waals surface area contributed by atoms with Crippen molar-refractivity contribution in [2.75, 3.05) is 5.84 Å². The van der Waals surface area contributed by atoms with Gasteiger partial charge in [-0.1, -0.05) is 12.2 Å². The lowest BCUT2D eigenvalue weighted by atomic mass is 10.1. The van der Waals surface area contributed by atoms with Gasteiger partial charge in [0.15, 0.2) is 5.65 Å². The molecule has 0 aliphatic heterocycles. The zero-order chi connectivity index (χ0) is 9.54. The van der Waals surface area contributed by atoms with Gasteiger partial charge in [-0.15, -0.1) is 0 Å². The second-order valence-corrected chi connectivity index (χ2v) is 3.53. The van der Waals surface area contributed by atoms with Crippen molar-refractivity contribution in [3.05, 3.63) is 28.9 Å². The molecule has 0 unspecified atom stereocenters. The molecule has 0 radical (unpaired) electrons. The Morgan fingerprint density at radius 2 is 2.14 bits per heavy atom. The van der Waals surface area contributed by atoms with E-state index in [0.717, 1.165) is 29.2 Å². The predicted octanol–water partition coefficient (Wildman–Crippen LogP) is 0.105. The number of hydrogen-bond acceptors (Lipinski definition) is 2. The van der Waals surface area contributed by atoms with Gasteiger partial charge >= 0.3 is 0 Å². The molecule has 0 saturated heterocycles. The summed E-state index contributed by atoms with van der Waals surface area (Å²) >= 11 is 0. The second kappa shape index (κ2) is 2.61. The first-order valence-corrected chi connectivity index (χ1v) is 4.79. The smallest absolute Gasteiger partial charge is 0.159 e. The van der Waals surface area contributed by atoms with Gasteiger partial charge in [0.1, 0.15) is 0 Å². The fraction of sp³-hybridized carbons (Fsp3) is 0.182. The Morgan fingerprint density at radius 3 is 3.07 bits per heavy atom. The Morgan fingerprint density at radius 1 is 1.29 bits per heavy atom. The third-order valence-corrected chi connectivity index (χ3v) is 2.69. The Kier molecular flexibility index (Phi) is 1.42. The highest BCUT2D eigenvalue weighted by Gasteiger charge is 2.06. The van der Waals surface area contributed by atoms with Crippen molar-refractivity contribution < 1.29 is 0 Å². The third kappa shape index (κ3) is 0.839. The molecule has 2 N–H and O–H groups in total. The summed E-state index contributed by atoms with van der Waals surface area (Å²) in [5, 5.41) is 3.49. The Labute approximate surface area is 81.1 Å². The van der Waals surface area contributed by atoms with Gasteiger partial charge in [0.25, 0.3) is 0 Å². The van der Waals surface area contributed by atoms with Crippen LogP contribution in [-0.4, -0.2) is 9.66 Å². The topological polar surface area (TPSA) is 43.8 Å². The van der Waals surface area contributed by atoms with Crippen LogP contribution in [-0.2, 0) is 0 Å². The van der Waals surface area contributed by atoms with Crippen molar-refractivity contribution in [3.8, 4) is 0 Å². The third-order valence-electron chi connectivity index (χ3n) is 2.69. The maximum atomic E-state index is 5.96. The number of nitrogens with zero attached hydrogens (tertiary/aromatic N) is 2.